The van der Waals surface area contributed by atoms with Crippen LogP contribution in [-0.4, -0.2) is 49.0 Å². The molecule has 1 fully saturated rings. The largest absolute Gasteiger partial charge is 0.469 e. The lowest BCUT2D eigenvalue weighted by atomic mass is 9.74. The fraction of sp³-hybridized carbons (Fsp3) is 0.812. The first kappa shape index (κ1) is 18.5. The molecule has 0 radical (unpaired) electrons. The third kappa shape index (κ3) is 5.00. The summed E-state index contributed by atoms with van der Waals surface area (Å²) in [4.78, 5) is 36.3. The molecule has 0 aromatic rings. The van der Waals surface area contributed by atoms with E-state index in [4.69, 9.17) is 9.47 Å². The molecule has 6 nitrogen and oxygen atoms in total. The fourth-order valence-electron chi connectivity index (χ4n) is 2.74. The van der Waals surface area contributed by atoms with Gasteiger partial charge in [-0.05, 0) is 46.5 Å². The van der Waals surface area contributed by atoms with Gasteiger partial charge in [0.1, 0.15) is 11.9 Å². The molecule has 0 aromatic heterocycles. The van der Waals surface area contributed by atoms with E-state index in [2.05, 4.69) is 0 Å². The molecular formula is C16H27NO5. The normalized spacial score (nSPS) is 17.7. The summed E-state index contributed by atoms with van der Waals surface area (Å²) in [5.74, 6) is -0.248. The topological polar surface area (TPSA) is 72.9 Å². The van der Waals surface area contributed by atoms with Crippen molar-refractivity contribution in [3.05, 3.63) is 0 Å². The van der Waals surface area contributed by atoms with Crippen molar-refractivity contribution in [1.29, 1.82) is 0 Å². The maximum absolute atomic E-state index is 12.1. The molecular weight excluding hydrogens is 286 g/mol. The lowest BCUT2D eigenvalue weighted by molar-refractivity contribution is -0.156. The smallest absolute Gasteiger partial charge is 0.410 e. The zero-order valence-corrected chi connectivity index (χ0v) is 14.0. The molecule has 1 saturated heterocycles. The third-order valence-electron chi connectivity index (χ3n) is 3.97. The Hall–Kier alpha value is -1.59. The number of ether oxygens (including phenoxy) is 2. The predicted octanol–water partition coefficient (Wildman–Crippen LogP) is 2.55. The number of piperidine rings is 1. The highest BCUT2D eigenvalue weighted by Crippen LogP contribution is 2.38. The third-order valence-corrected chi connectivity index (χ3v) is 3.97. The average molecular weight is 313 g/mol. The first-order valence-corrected chi connectivity index (χ1v) is 7.74. The maximum Gasteiger partial charge on any atom is 0.410 e. The average Bonchev–Trinajstić information content (AvgIpc) is 2.45. The summed E-state index contributed by atoms with van der Waals surface area (Å²) in [6, 6.07) is 0. The van der Waals surface area contributed by atoms with Gasteiger partial charge < -0.3 is 19.2 Å². The first-order chi connectivity index (χ1) is 10.2. The number of nitrogens with zero attached hydrogens (tertiary/aromatic N) is 1. The zero-order valence-electron chi connectivity index (χ0n) is 14.0. The number of hydrogen-bond donors (Lipinski definition) is 0. The Kier molecular flexibility index (Phi) is 6.38. The minimum Gasteiger partial charge on any atom is -0.469 e. The molecule has 0 aromatic carbocycles. The lowest BCUT2D eigenvalue weighted by Gasteiger charge is -2.40. The van der Waals surface area contributed by atoms with Crippen molar-refractivity contribution < 1.29 is 23.9 Å². The molecule has 0 atom stereocenters. The highest BCUT2D eigenvalue weighted by Gasteiger charge is 2.43. The van der Waals surface area contributed by atoms with E-state index in [1.165, 1.54) is 7.11 Å². The summed E-state index contributed by atoms with van der Waals surface area (Å²) in [6.07, 6.45) is 3.30. The van der Waals surface area contributed by atoms with Gasteiger partial charge in [0.2, 0.25) is 0 Å². The van der Waals surface area contributed by atoms with Crippen molar-refractivity contribution >= 4 is 18.3 Å². The standard InChI is InChI=1S/C16H27NO5/c1-15(2,3)22-14(20)17-10-8-16(9-11-17,13(19)21-4)7-5-6-12-18/h12H,5-11H2,1-4H3. The maximum atomic E-state index is 12.1. The molecule has 6 heteroatoms. The van der Waals surface area contributed by atoms with Crippen LogP contribution in [0.25, 0.3) is 0 Å². The van der Waals surface area contributed by atoms with Crippen molar-refractivity contribution in [3.8, 4) is 0 Å². The van der Waals surface area contributed by atoms with Crippen LogP contribution in [0.15, 0.2) is 0 Å². The van der Waals surface area contributed by atoms with Gasteiger partial charge in [0.15, 0.2) is 0 Å². The molecule has 1 heterocycles. The molecule has 1 amide bonds. The number of unbranched alkanes of at least 4 members (excludes halogenated alkanes) is 1. The van der Waals surface area contributed by atoms with Crippen LogP contribution < -0.4 is 0 Å². The highest BCUT2D eigenvalue weighted by molar-refractivity contribution is 5.77. The van der Waals surface area contributed by atoms with E-state index in [1.54, 1.807) is 4.90 Å². The van der Waals surface area contributed by atoms with Gasteiger partial charge in [0.05, 0.1) is 12.5 Å². The van der Waals surface area contributed by atoms with E-state index in [1.807, 2.05) is 20.8 Å². The number of methoxy groups -OCH3 is 1. The van der Waals surface area contributed by atoms with Crippen molar-refractivity contribution in [3.63, 3.8) is 0 Å². The molecule has 0 N–H and O–H groups in total. The molecule has 0 aliphatic carbocycles. The predicted molar refractivity (Wildman–Crippen MR) is 81.4 cm³/mol. The SMILES string of the molecule is COC(=O)C1(CCCC=O)CCN(C(=O)OC(C)(C)C)CC1. The van der Waals surface area contributed by atoms with Crippen LogP contribution in [0.2, 0.25) is 0 Å². The minimum atomic E-state index is -0.587. The molecule has 1 aliphatic rings. The highest BCUT2D eigenvalue weighted by atomic mass is 16.6. The Balaban J connectivity index is 2.66. The summed E-state index contributed by atoms with van der Waals surface area (Å²) in [5, 5.41) is 0. The second-order valence-electron chi connectivity index (χ2n) is 6.80. The van der Waals surface area contributed by atoms with Gasteiger partial charge in [-0.15, -0.1) is 0 Å². The first-order valence-electron chi connectivity index (χ1n) is 7.74. The van der Waals surface area contributed by atoms with Crippen LogP contribution in [0.3, 0.4) is 0 Å². The molecule has 0 bridgehead atoms. The number of aldehydes is 1. The summed E-state index contributed by atoms with van der Waals surface area (Å²) in [5.41, 5.74) is -1.12. The van der Waals surface area contributed by atoms with Crippen LogP contribution in [0.4, 0.5) is 4.79 Å². The Bertz CT molecular complexity index is 405. The second kappa shape index (κ2) is 7.61. The zero-order chi connectivity index (χ0) is 16.8. The number of amides is 1. The Labute approximate surface area is 132 Å². The van der Waals surface area contributed by atoms with Gasteiger partial charge in [-0.25, -0.2) is 4.79 Å². The summed E-state index contributed by atoms with van der Waals surface area (Å²) < 4.78 is 10.3. The lowest BCUT2D eigenvalue weighted by Crippen LogP contribution is -2.48. The molecule has 126 valence electrons. The minimum absolute atomic E-state index is 0.248. The molecule has 22 heavy (non-hydrogen) atoms. The number of esters is 1. The Morgan fingerprint density at radius 1 is 1.23 bits per heavy atom. The van der Waals surface area contributed by atoms with Gasteiger partial charge in [-0.1, -0.05) is 0 Å². The van der Waals surface area contributed by atoms with E-state index in [0.717, 1.165) is 6.29 Å². The molecule has 0 spiro atoms. The van der Waals surface area contributed by atoms with Gasteiger partial charge >= 0.3 is 12.1 Å². The Morgan fingerprint density at radius 2 is 1.82 bits per heavy atom. The van der Waals surface area contributed by atoms with Crippen molar-refractivity contribution in [2.75, 3.05) is 20.2 Å². The number of hydrogen-bond acceptors (Lipinski definition) is 5. The van der Waals surface area contributed by atoms with Crippen molar-refractivity contribution in [1.82, 2.24) is 4.90 Å². The van der Waals surface area contributed by atoms with E-state index < -0.39 is 11.0 Å². The summed E-state index contributed by atoms with van der Waals surface area (Å²) >= 11 is 0. The van der Waals surface area contributed by atoms with Crippen LogP contribution >= 0.6 is 0 Å². The number of rotatable bonds is 5. The molecule has 1 rings (SSSR count). The molecule has 1 aliphatic heterocycles. The van der Waals surface area contributed by atoms with Gasteiger partial charge in [0.25, 0.3) is 0 Å². The van der Waals surface area contributed by atoms with Crippen molar-refractivity contribution in [2.45, 2.75) is 58.5 Å². The molecule has 0 unspecified atom stereocenters. The van der Waals surface area contributed by atoms with Crippen LogP contribution in [0.5, 0.6) is 0 Å². The van der Waals surface area contributed by atoms with E-state index in [-0.39, 0.29) is 12.1 Å². The molecule has 0 saturated carbocycles. The quantitative estimate of drug-likeness (QED) is 0.443. The van der Waals surface area contributed by atoms with Gasteiger partial charge in [-0.3, -0.25) is 4.79 Å². The number of carbonyl (C=O) groups is 3. The van der Waals surface area contributed by atoms with E-state index >= 15 is 0 Å². The Morgan fingerprint density at radius 3 is 2.27 bits per heavy atom. The van der Waals surface area contributed by atoms with Gasteiger partial charge in [0, 0.05) is 19.5 Å². The van der Waals surface area contributed by atoms with Crippen molar-refractivity contribution in [2.24, 2.45) is 5.41 Å². The fourth-order valence-corrected chi connectivity index (χ4v) is 2.74. The number of carbonyl (C=O) groups excluding carboxylic acids is 3. The van der Waals surface area contributed by atoms with Crippen LogP contribution in [-0.2, 0) is 19.1 Å². The van der Waals surface area contributed by atoms with Crippen LogP contribution in [0.1, 0.15) is 52.9 Å². The number of likely N-dealkylation sites (tertiary alicyclic amines) is 1. The van der Waals surface area contributed by atoms with E-state index in [0.29, 0.717) is 45.2 Å². The van der Waals surface area contributed by atoms with E-state index in [9.17, 15) is 14.4 Å². The summed E-state index contributed by atoms with van der Waals surface area (Å²) in [7, 11) is 1.38. The van der Waals surface area contributed by atoms with Gasteiger partial charge in [-0.2, -0.15) is 0 Å². The summed E-state index contributed by atoms with van der Waals surface area (Å²) in [6.45, 7) is 6.41. The monoisotopic (exact) mass is 313 g/mol. The van der Waals surface area contributed by atoms with Crippen LogP contribution in [0, 0.1) is 5.41 Å². The second-order valence-corrected chi connectivity index (χ2v) is 6.80.